The van der Waals surface area contributed by atoms with Crippen LogP contribution in [-0.2, 0) is 4.79 Å². The van der Waals surface area contributed by atoms with Crippen LogP contribution in [0, 0.1) is 0 Å². The standard InChI is InChI=1S/C17H25O/c1-2-3-4-5-6-7-9-14-17(15-18)16-12-10-8-11-13-16/h8,10-13,17H,2-7,9,14H2,1H3. The predicted octanol–water partition coefficient (Wildman–Crippen LogP) is 5.02. The van der Waals surface area contributed by atoms with E-state index in [9.17, 15) is 4.79 Å². The fourth-order valence-corrected chi connectivity index (χ4v) is 2.28. The van der Waals surface area contributed by atoms with E-state index < -0.39 is 0 Å². The van der Waals surface area contributed by atoms with Crippen molar-refractivity contribution in [3.63, 3.8) is 0 Å². The molecule has 1 nitrogen and oxygen atoms in total. The highest BCUT2D eigenvalue weighted by molar-refractivity contribution is 5.62. The number of unbranched alkanes of at least 4 members (excludes halogenated alkanes) is 6. The minimum atomic E-state index is -0.0261. The Balaban J connectivity index is 2.15. The van der Waals surface area contributed by atoms with Gasteiger partial charge in [0.2, 0.25) is 6.29 Å². The van der Waals surface area contributed by atoms with Crippen LogP contribution in [0.2, 0.25) is 0 Å². The molecule has 1 atom stereocenters. The smallest absolute Gasteiger partial charge is 0.206 e. The summed E-state index contributed by atoms with van der Waals surface area (Å²) in [6, 6.07) is 10.0. The lowest BCUT2D eigenvalue weighted by Crippen LogP contribution is -1.99. The Labute approximate surface area is 112 Å². The van der Waals surface area contributed by atoms with Gasteiger partial charge >= 0.3 is 0 Å². The Morgan fingerprint density at radius 1 is 0.944 bits per heavy atom. The highest BCUT2D eigenvalue weighted by Crippen LogP contribution is 2.20. The van der Waals surface area contributed by atoms with E-state index in [0.29, 0.717) is 0 Å². The molecule has 0 spiro atoms. The van der Waals surface area contributed by atoms with Crippen LogP contribution in [0.3, 0.4) is 0 Å². The van der Waals surface area contributed by atoms with Crippen LogP contribution in [0.5, 0.6) is 0 Å². The van der Waals surface area contributed by atoms with Gasteiger partial charge in [0.15, 0.2) is 0 Å². The van der Waals surface area contributed by atoms with Crippen LogP contribution in [0.25, 0.3) is 0 Å². The van der Waals surface area contributed by atoms with Gasteiger partial charge < -0.3 is 0 Å². The molecule has 0 amide bonds. The number of carbonyl (C=O) groups excluding carboxylic acids is 1. The molecular formula is C17H25O. The van der Waals surface area contributed by atoms with Crippen molar-refractivity contribution in [3.8, 4) is 0 Å². The third kappa shape index (κ3) is 6.00. The molecule has 0 N–H and O–H groups in total. The van der Waals surface area contributed by atoms with Crippen LogP contribution in [0.15, 0.2) is 30.3 Å². The molecule has 0 saturated heterocycles. The quantitative estimate of drug-likeness (QED) is 0.529. The summed E-state index contributed by atoms with van der Waals surface area (Å²) >= 11 is 0. The summed E-state index contributed by atoms with van der Waals surface area (Å²) in [4.78, 5) is 11.0. The van der Waals surface area contributed by atoms with Crippen molar-refractivity contribution >= 4 is 6.29 Å². The van der Waals surface area contributed by atoms with Gasteiger partial charge in [0.25, 0.3) is 0 Å². The number of rotatable bonds is 10. The van der Waals surface area contributed by atoms with E-state index in [4.69, 9.17) is 0 Å². The van der Waals surface area contributed by atoms with Crippen molar-refractivity contribution in [2.75, 3.05) is 0 Å². The van der Waals surface area contributed by atoms with Crippen LogP contribution in [0.4, 0.5) is 0 Å². The maximum atomic E-state index is 11.0. The Morgan fingerprint density at radius 3 is 2.17 bits per heavy atom. The summed E-state index contributed by atoms with van der Waals surface area (Å²) in [5, 5.41) is 0. The van der Waals surface area contributed by atoms with Gasteiger partial charge in [0.1, 0.15) is 0 Å². The summed E-state index contributed by atoms with van der Waals surface area (Å²) in [5.41, 5.74) is 1.11. The monoisotopic (exact) mass is 245 g/mol. The topological polar surface area (TPSA) is 17.1 Å². The molecule has 1 aromatic rings. The zero-order valence-electron chi connectivity index (χ0n) is 11.5. The largest absolute Gasteiger partial charge is 0.290 e. The summed E-state index contributed by atoms with van der Waals surface area (Å²) in [7, 11) is 0. The van der Waals surface area contributed by atoms with E-state index in [-0.39, 0.29) is 5.92 Å². The van der Waals surface area contributed by atoms with E-state index in [1.165, 1.54) is 38.5 Å². The Bertz CT molecular complexity index is 305. The van der Waals surface area contributed by atoms with Crippen molar-refractivity contribution in [1.82, 2.24) is 0 Å². The molecule has 1 aromatic carbocycles. The minimum absolute atomic E-state index is 0.0261. The second-order valence-electron chi connectivity index (χ2n) is 4.99. The van der Waals surface area contributed by atoms with E-state index in [1.54, 1.807) is 0 Å². The van der Waals surface area contributed by atoms with Gasteiger partial charge in [-0.25, -0.2) is 0 Å². The second-order valence-corrected chi connectivity index (χ2v) is 4.99. The first-order valence-electron chi connectivity index (χ1n) is 7.31. The van der Waals surface area contributed by atoms with Gasteiger partial charge in [-0.1, -0.05) is 82.2 Å². The summed E-state index contributed by atoms with van der Waals surface area (Å²) in [6.07, 6.45) is 12.2. The molecule has 0 aliphatic carbocycles. The molecule has 1 radical (unpaired) electrons. The lowest BCUT2D eigenvalue weighted by Gasteiger charge is -2.09. The van der Waals surface area contributed by atoms with Crippen molar-refractivity contribution in [2.45, 2.75) is 64.2 Å². The van der Waals surface area contributed by atoms with E-state index >= 15 is 0 Å². The molecule has 0 aliphatic rings. The zero-order valence-corrected chi connectivity index (χ0v) is 11.5. The van der Waals surface area contributed by atoms with E-state index in [2.05, 4.69) is 13.2 Å². The third-order valence-electron chi connectivity index (χ3n) is 3.44. The van der Waals surface area contributed by atoms with Crippen molar-refractivity contribution in [2.24, 2.45) is 0 Å². The first kappa shape index (κ1) is 14.9. The number of benzene rings is 1. The molecule has 0 bridgehead atoms. The molecule has 1 unspecified atom stereocenters. The van der Waals surface area contributed by atoms with Gasteiger partial charge in [-0.3, -0.25) is 4.79 Å². The fourth-order valence-electron chi connectivity index (χ4n) is 2.28. The molecule has 0 aromatic heterocycles. The highest BCUT2D eigenvalue weighted by atomic mass is 16.1. The lowest BCUT2D eigenvalue weighted by molar-refractivity contribution is 0.522. The number of hydrogen-bond acceptors (Lipinski definition) is 1. The van der Waals surface area contributed by atoms with E-state index in [1.807, 2.05) is 30.3 Å². The second kappa shape index (κ2) is 9.87. The Morgan fingerprint density at radius 2 is 1.56 bits per heavy atom. The van der Waals surface area contributed by atoms with Gasteiger partial charge in [-0.05, 0) is 12.0 Å². The van der Waals surface area contributed by atoms with Crippen LogP contribution in [0.1, 0.15) is 69.8 Å². The Kier molecular flexibility index (Phi) is 8.20. The highest BCUT2D eigenvalue weighted by Gasteiger charge is 2.10. The van der Waals surface area contributed by atoms with Crippen molar-refractivity contribution < 1.29 is 4.79 Å². The maximum absolute atomic E-state index is 11.0. The van der Waals surface area contributed by atoms with E-state index in [0.717, 1.165) is 18.4 Å². The van der Waals surface area contributed by atoms with Crippen molar-refractivity contribution in [1.29, 1.82) is 0 Å². The van der Waals surface area contributed by atoms with Crippen molar-refractivity contribution in [3.05, 3.63) is 35.9 Å². The third-order valence-corrected chi connectivity index (χ3v) is 3.44. The summed E-state index contributed by atoms with van der Waals surface area (Å²) < 4.78 is 0. The summed E-state index contributed by atoms with van der Waals surface area (Å²) in [5.74, 6) is -0.0261. The normalized spacial score (nSPS) is 12.3. The molecule has 0 aliphatic heterocycles. The average Bonchev–Trinajstić information content (AvgIpc) is 2.43. The molecule has 99 valence electrons. The zero-order chi connectivity index (χ0) is 13.1. The molecule has 1 heteroatoms. The van der Waals surface area contributed by atoms with Gasteiger partial charge in [0.05, 0.1) is 5.92 Å². The molecule has 0 fully saturated rings. The molecule has 0 heterocycles. The maximum Gasteiger partial charge on any atom is 0.206 e. The molecule has 0 saturated carbocycles. The van der Waals surface area contributed by atoms with Gasteiger partial charge in [-0.15, -0.1) is 0 Å². The lowest BCUT2D eigenvalue weighted by atomic mass is 9.94. The van der Waals surface area contributed by atoms with Crippen LogP contribution in [-0.4, -0.2) is 6.29 Å². The average molecular weight is 245 g/mol. The first-order chi connectivity index (χ1) is 8.88. The SMILES string of the molecule is CCCCCCCCCC([C]=O)c1ccccc1. The minimum Gasteiger partial charge on any atom is -0.290 e. The van der Waals surface area contributed by atoms with Crippen LogP contribution < -0.4 is 0 Å². The number of hydrogen-bond donors (Lipinski definition) is 0. The Hall–Kier alpha value is -1.11. The van der Waals surface area contributed by atoms with Crippen LogP contribution >= 0.6 is 0 Å². The molecule has 18 heavy (non-hydrogen) atoms. The predicted molar refractivity (Wildman–Crippen MR) is 77.5 cm³/mol. The summed E-state index contributed by atoms with van der Waals surface area (Å²) in [6.45, 7) is 2.24. The fraction of sp³-hybridized carbons (Fsp3) is 0.588. The first-order valence-corrected chi connectivity index (χ1v) is 7.31. The molecular weight excluding hydrogens is 220 g/mol. The van der Waals surface area contributed by atoms with Gasteiger partial charge in [0, 0.05) is 0 Å². The van der Waals surface area contributed by atoms with Gasteiger partial charge in [-0.2, -0.15) is 0 Å². The molecule has 1 rings (SSSR count).